The number of hydrogen-bond acceptors (Lipinski definition) is 5. The lowest BCUT2D eigenvalue weighted by molar-refractivity contribution is -0.139. The molecule has 100 valence electrons. The molecular weight excluding hydrogens is 252 g/mol. The van der Waals surface area contributed by atoms with Crippen molar-refractivity contribution in [3.8, 4) is 5.75 Å². The number of carboxylic acid groups (broad SMARTS) is 1. The van der Waals surface area contributed by atoms with Crippen LogP contribution in [0.4, 0.5) is 11.4 Å². The van der Waals surface area contributed by atoms with Crippen LogP contribution in [-0.2, 0) is 14.4 Å². The Morgan fingerprint density at radius 1 is 1.37 bits per heavy atom. The van der Waals surface area contributed by atoms with Gasteiger partial charge in [0.25, 0.3) is 5.91 Å². The second kappa shape index (κ2) is 4.97. The number of aliphatic carboxylic acids is 1. The molecule has 7 heteroatoms. The van der Waals surface area contributed by atoms with E-state index in [1.165, 1.54) is 6.07 Å². The second-order valence-corrected chi connectivity index (χ2v) is 4.03. The van der Waals surface area contributed by atoms with Gasteiger partial charge in [-0.1, -0.05) is 0 Å². The number of nitrogen functional groups attached to an aromatic ring is 1. The van der Waals surface area contributed by atoms with Crippen LogP contribution in [0.1, 0.15) is 12.8 Å². The molecule has 0 bridgehead atoms. The standard InChI is InChI=1S/C12H12N2O5/c13-7-1-2-9-8(5-7)14(11(16)6-19-9)10(15)3-4-12(17)18/h1-2,5H,3-4,6,13H2,(H,17,18). The van der Waals surface area contributed by atoms with E-state index in [1.807, 2.05) is 0 Å². The maximum atomic E-state index is 11.9. The van der Waals surface area contributed by atoms with Gasteiger partial charge in [0, 0.05) is 12.1 Å². The van der Waals surface area contributed by atoms with Gasteiger partial charge in [0.05, 0.1) is 12.1 Å². The predicted molar refractivity (Wildman–Crippen MR) is 65.7 cm³/mol. The minimum atomic E-state index is -1.10. The summed E-state index contributed by atoms with van der Waals surface area (Å²) in [4.78, 5) is 35.1. The average Bonchev–Trinajstić information content (AvgIpc) is 2.35. The van der Waals surface area contributed by atoms with Crippen molar-refractivity contribution < 1.29 is 24.2 Å². The number of nitrogens with two attached hydrogens (primary N) is 1. The number of ether oxygens (including phenoxy) is 1. The molecule has 0 saturated heterocycles. The molecule has 0 atom stereocenters. The van der Waals surface area contributed by atoms with Gasteiger partial charge >= 0.3 is 5.97 Å². The van der Waals surface area contributed by atoms with Crippen LogP contribution in [0.5, 0.6) is 5.75 Å². The molecule has 1 aliphatic heterocycles. The first-order chi connectivity index (χ1) is 8.99. The fraction of sp³-hybridized carbons (Fsp3) is 0.250. The maximum absolute atomic E-state index is 11.9. The van der Waals surface area contributed by atoms with Crippen molar-refractivity contribution in [1.82, 2.24) is 0 Å². The molecule has 1 aromatic carbocycles. The SMILES string of the molecule is Nc1ccc2c(c1)N(C(=O)CCC(=O)O)C(=O)CO2. The Morgan fingerprint density at radius 3 is 2.79 bits per heavy atom. The highest BCUT2D eigenvalue weighted by Gasteiger charge is 2.30. The number of fused-ring (bicyclic) bond motifs is 1. The van der Waals surface area contributed by atoms with Gasteiger partial charge in [-0.2, -0.15) is 0 Å². The van der Waals surface area contributed by atoms with Crippen molar-refractivity contribution in [2.45, 2.75) is 12.8 Å². The van der Waals surface area contributed by atoms with E-state index in [9.17, 15) is 14.4 Å². The summed E-state index contributed by atoms with van der Waals surface area (Å²) in [6.07, 6.45) is -0.587. The molecule has 19 heavy (non-hydrogen) atoms. The summed E-state index contributed by atoms with van der Waals surface area (Å²) in [5.74, 6) is -1.84. The number of imide groups is 1. The van der Waals surface area contributed by atoms with Crippen LogP contribution < -0.4 is 15.4 Å². The molecule has 3 N–H and O–H groups in total. The van der Waals surface area contributed by atoms with Crippen molar-refractivity contribution in [1.29, 1.82) is 0 Å². The molecule has 0 unspecified atom stereocenters. The average molecular weight is 264 g/mol. The minimum absolute atomic E-state index is 0.254. The van der Waals surface area contributed by atoms with E-state index in [2.05, 4.69) is 0 Å². The van der Waals surface area contributed by atoms with Gasteiger partial charge in [-0.3, -0.25) is 14.4 Å². The Balaban J connectivity index is 2.29. The summed E-state index contributed by atoms with van der Waals surface area (Å²) >= 11 is 0. The third kappa shape index (κ3) is 2.65. The zero-order chi connectivity index (χ0) is 14.0. The van der Waals surface area contributed by atoms with Crippen molar-refractivity contribution in [3.63, 3.8) is 0 Å². The van der Waals surface area contributed by atoms with E-state index in [0.29, 0.717) is 11.4 Å². The smallest absolute Gasteiger partial charge is 0.303 e. The number of benzene rings is 1. The second-order valence-electron chi connectivity index (χ2n) is 4.03. The largest absolute Gasteiger partial charge is 0.482 e. The fourth-order valence-electron chi connectivity index (χ4n) is 1.77. The topological polar surface area (TPSA) is 110 Å². The first-order valence-electron chi connectivity index (χ1n) is 5.59. The monoisotopic (exact) mass is 264 g/mol. The minimum Gasteiger partial charge on any atom is -0.482 e. The molecule has 2 rings (SSSR count). The van der Waals surface area contributed by atoms with Gasteiger partial charge < -0.3 is 15.6 Å². The molecule has 0 aliphatic carbocycles. The van der Waals surface area contributed by atoms with Gasteiger partial charge in [0.1, 0.15) is 5.75 Å². The summed E-state index contributed by atoms with van der Waals surface area (Å²) < 4.78 is 5.18. The molecule has 0 fully saturated rings. The van der Waals surface area contributed by atoms with Crippen molar-refractivity contribution in [2.75, 3.05) is 17.2 Å². The van der Waals surface area contributed by atoms with E-state index in [0.717, 1.165) is 4.90 Å². The quantitative estimate of drug-likeness (QED) is 0.764. The number of rotatable bonds is 3. The highest BCUT2D eigenvalue weighted by molar-refractivity contribution is 6.17. The van der Waals surface area contributed by atoms with Gasteiger partial charge in [-0.05, 0) is 18.2 Å². The van der Waals surface area contributed by atoms with Gasteiger partial charge in [-0.25, -0.2) is 4.90 Å². The van der Waals surface area contributed by atoms with E-state index in [-0.39, 0.29) is 25.1 Å². The molecule has 0 saturated carbocycles. The normalized spacial score (nSPS) is 13.7. The van der Waals surface area contributed by atoms with Crippen LogP contribution >= 0.6 is 0 Å². The number of nitrogens with zero attached hydrogens (tertiary/aromatic N) is 1. The number of carbonyl (C=O) groups excluding carboxylic acids is 2. The number of amides is 2. The first kappa shape index (κ1) is 12.9. The lowest BCUT2D eigenvalue weighted by atomic mass is 10.2. The fourth-order valence-corrected chi connectivity index (χ4v) is 1.77. The zero-order valence-electron chi connectivity index (χ0n) is 9.96. The maximum Gasteiger partial charge on any atom is 0.303 e. The van der Waals surface area contributed by atoms with E-state index in [1.54, 1.807) is 12.1 Å². The van der Waals surface area contributed by atoms with Crippen LogP contribution in [0.2, 0.25) is 0 Å². The van der Waals surface area contributed by atoms with Crippen LogP contribution in [0.15, 0.2) is 18.2 Å². The Labute approximate surface area is 108 Å². The van der Waals surface area contributed by atoms with Crippen LogP contribution in [0, 0.1) is 0 Å². The highest BCUT2D eigenvalue weighted by atomic mass is 16.5. The third-order valence-corrected chi connectivity index (χ3v) is 2.63. The van der Waals surface area contributed by atoms with Crippen molar-refractivity contribution in [2.24, 2.45) is 0 Å². The van der Waals surface area contributed by atoms with Crippen molar-refractivity contribution in [3.05, 3.63) is 18.2 Å². The van der Waals surface area contributed by atoms with E-state index < -0.39 is 17.8 Å². The first-order valence-corrected chi connectivity index (χ1v) is 5.59. The summed E-state index contributed by atoms with van der Waals surface area (Å²) in [6, 6.07) is 4.61. The summed E-state index contributed by atoms with van der Waals surface area (Å²) in [6.45, 7) is -0.254. The predicted octanol–water partition coefficient (Wildman–Crippen LogP) is 0.386. The molecular formula is C12H12N2O5. The molecule has 1 aromatic rings. The lowest BCUT2D eigenvalue weighted by Crippen LogP contribution is -2.43. The summed E-state index contributed by atoms with van der Waals surface area (Å²) in [5.41, 5.74) is 6.25. The summed E-state index contributed by atoms with van der Waals surface area (Å²) in [5, 5.41) is 8.57. The lowest BCUT2D eigenvalue weighted by Gasteiger charge is -2.27. The number of carbonyl (C=O) groups is 3. The highest BCUT2D eigenvalue weighted by Crippen LogP contribution is 2.34. The zero-order valence-corrected chi connectivity index (χ0v) is 9.96. The summed E-state index contributed by atoms with van der Waals surface area (Å²) in [7, 11) is 0. The van der Waals surface area contributed by atoms with Gasteiger partial charge in [0.2, 0.25) is 5.91 Å². The Bertz CT molecular complexity index is 555. The molecule has 1 heterocycles. The Hall–Kier alpha value is -2.57. The molecule has 1 aliphatic rings. The number of hydrogen-bond donors (Lipinski definition) is 2. The Morgan fingerprint density at radius 2 is 2.11 bits per heavy atom. The molecule has 7 nitrogen and oxygen atoms in total. The molecule has 0 radical (unpaired) electrons. The van der Waals surface area contributed by atoms with Crippen LogP contribution in [0.25, 0.3) is 0 Å². The van der Waals surface area contributed by atoms with Crippen LogP contribution in [0.3, 0.4) is 0 Å². The number of carboxylic acids is 1. The van der Waals surface area contributed by atoms with Gasteiger partial charge in [0.15, 0.2) is 6.61 Å². The van der Waals surface area contributed by atoms with E-state index >= 15 is 0 Å². The third-order valence-electron chi connectivity index (χ3n) is 2.63. The molecule has 2 amide bonds. The molecule has 0 spiro atoms. The van der Waals surface area contributed by atoms with Gasteiger partial charge in [-0.15, -0.1) is 0 Å². The molecule has 0 aromatic heterocycles. The van der Waals surface area contributed by atoms with E-state index in [4.69, 9.17) is 15.6 Å². The van der Waals surface area contributed by atoms with Crippen LogP contribution in [-0.4, -0.2) is 29.5 Å². The Kier molecular flexibility index (Phi) is 3.37. The van der Waals surface area contributed by atoms with Crippen molar-refractivity contribution >= 4 is 29.2 Å². The number of anilines is 2.